The molecule has 1 aromatic carbocycles. The molecule has 0 atom stereocenters. The summed E-state index contributed by atoms with van der Waals surface area (Å²) in [5.41, 5.74) is -0.432. The maximum Gasteiger partial charge on any atom is 0.321 e. The van der Waals surface area contributed by atoms with Crippen molar-refractivity contribution in [3.8, 4) is 5.75 Å². The van der Waals surface area contributed by atoms with Crippen molar-refractivity contribution in [3.05, 3.63) is 33.4 Å². The van der Waals surface area contributed by atoms with Gasteiger partial charge in [0, 0.05) is 5.56 Å². The SMILES string of the molecule is COc1cc(C(=O)CBr)cc(C=O)c1[N+](=O)[O-]. The van der Waals surface area contributed by atoms with E-state index < -0.39 is 10.6 Å². The van der Waals surface area contributed by atoms with Crippen LogP contribution in [0.1, 0.15) is 20.7 Å². The molecule has 0 N–H and O–H groups in total. The van der Waals surface area contributed by atoms with Crippen molar-refractivity contribution < 1.29 is 19.2 Å². The Labute approximate surface area is 105 Å². The first-order valence-electron chi connectivity index (χ1n) is 4.46. The van der Waals surface area contributed by atoms with Crippen LogP contribution in [-0.2, 0) is 0 Å². The number of alkyl halides is 1. The third-order valence-electron chi connectivity index (χ3n) is 2.08. The maximum atomic E-state index is 11.4. The molecule has 0 aliphatic carbocycles. The Morgan fingerprint density at radius 3 is 2.65 bits per heavy atom. The normalized spacial score (nSPS) is 9.76. The average molecular weight is 302 g/mol. The number of benzene rings is 1. The quantitative estimate of drug-likeness (QED) is 0.273. The van der Waals surface area contributed by atoms with Gasteiger partial charge in [0.15, 0.2) is 17.8 Å². The van der Waals surface area contributed by atoms with E-state index in [2.05, 4.69) is 15.9 Å². The number of hydrogen-bond acceptors (Lipinski definition) is 5. The summed E-state index contributed by atoms with van der Waals surface area (Å²) in [6.45, 7) is 0. The van der Waals surface area contributed by atoms with Crippen LogP contribution < -0.4 is 4.74 Å². The minimum Gasteiger partial charge on any atom is -0.490 e. The number of halogens is 1. The molecule has 0 fully saturated rings. The summed E-state index contributed by atoms with van der Waals surface area (Å²) in [6, 6.07) is 2.42. The van der Waals surface area contributed by atoms with Gasteiger partial charge in [0.05, 0.1) is 22.9 Å². The number of rotatable bonds is 5. The van der Waals surface area contributed by atoms with Crippen LogP contribution in [0, 0.1) is 10.1 Å². The molecule has 0 amide bonds. The summed E-state index contributed by atoms with van der Waals surface area (Å²) in [4.78, 5) is 32.3. The zero-order valence-electron chi connectivity index (χ0n) is 8.81. The fraction of sp³-hybridized carbons (Fsp3) is 0.200. The lowest BCUT2D eigenvalue weighted by atomic mass is 10.1. The number of carbonyl (C=O) groups excluding carboxylic acids is 2. The highest BCUT2D eigenvalue weighted by Gasteiger charge is 2.23. The maximum absolute atomic E-state index is 11.4. The van der Waals surface area contributed by atoms with Crippen molar-refractivity contribution >= 4 is 33.7 Å². The molecule has 0 bridgehead atoms. The van der Waals surface area contributed by atoms with Crippen molar-refractivity contribution in [2.45, 2.75) is 0 Å². The van der Waals surface area contributed by atoms with Crippen LogP contribution in [0.5, 0.6) is 5.75 Å². The molecule has 0 aromatic heterocycles. The first-order chi connectivity index (χ1) is 8.04. The van der Waals surface area contributed by atoms with Crippen molar-refractivity contribution in [3.63, 3.8) is 0 Å². The van der Waals surface area contributed by atoms with Crippen molar-refractivity contribution in [1.82, 2.24) is 0 Å². The minimum atomic E-state index is -0.717. The standard InChI is InChI=1S/C10H8BrNO5/c1-17-9-3-6(8(14)4-11)2-7(5-13)10(9)12(15)16/h2-3,5H,4H2,1H3. The van der Waals surface area contributed by atoms with Gasteiger partial charge >= 0.3 is 5.69 Å². The van der Waals surface area contributed by atoms with Crippen LogP contribution in [0.2, 0.25) is 0 Å². The molecule has 0 radical (unpaired) electrons. The third kappa shape index (κ3) is 2.68. The molecule has 0 heterocycles. The molecule has 90 valence electrons. The van der Waals surface area contributed by atoms with Crippen LogP contribution in [-0.4, -0.2) is 29.4 Å². The average Bonchev–Trinajstić information content (AvgIpc) is 2.35. The molecule has 0 aliphatic heterocycles. The number of nitro benzene ring substituents is 1. The van der Waals surface area contributed by atoms with Gasteiger partial charge in [-0.3, -0.25) is 19.7 Å². The van der Waals surface area contributed by atoms with E-state index in [4.69, 9.17) is 4.74 Å². The summed E-state index contributed by atoms with van der Waals surface area (Å²) >= 11 is 2.98. The van der Waals surface area contributed by atoms with Gasteiger partial charge < -0.3 is 4.74 Å². The fourth-order valence-electron chi connectivity index (χ4n) is 1.31. The lowest BCUT2D eigenvalue weighted by Gasteiger charge is -2.06. The number of nitro groups is 1. The van der Waals surface area contributed by atoms with Crippen LogP contribution >= 0.6 is 15.9 Å². The number of nitrogens with zero attached hydrogens (tertiary/aromatic N) is 1. The number of Topliss-reactive ketones (excluding diaryl/α,β-unsaturated/α-hetero) is 1. The highest BCUT2D eigenvalue weighted by atomic mass is 79.9. The second kappa shape index (κ2) is 5.53. The summed E-state index contributed by atoms with van der Waals surface area (Å²) in [6.07, 6.45) is 0.325. The number of ketones is 1. The molecular weight excluding hydrogens is 294 g/mol. The predicted octanol–water partition coefficient (Wildman–Crippen LogP) is 1.99. The van der Waals surface area contributed by atoms with E-state index in [1.807, 2.05) is 0 Å². The molecule has 17 heavy (non-hydrogen) atoms. The van der Waals surface area contributed by atoms with Crippen molar-refractivity contribution in [1.29, 1.82) is 0 Å². The molecule has 1 rings (SSSR count). The minimum absolute atomic E-state index is 0.0618. The van der Waals surface area contributed by atoms with Gasteiger partial charge in [-0.2, -0.15) is 0 Å². The first kappa shape index (κ1) is 13.3. The van der Waals surface area contributed by atoms with Gasteiger partial charge in [0.25, 0.3) is 0 Å². The molecule has 7 heteroatoms. The van der Waals surface area contributed by atoms with Crippen LogP contribution in [0.4, 0.5) is 5.69 Å². The number of aldehydes is 1. The Morgan fingerprint density at radius 1 is 1.59 bits per heavy atom. The zero-order valence-corrected chi connectivity index (χ0v) is 10.4. The number of hydrogen-bond donors (Lipinski definition) is 0. The second-order valence-electron chi connectivity index (χ2n) is 3.05. The van der Waals surface area contributed by atoms with E-state index in [-0.39, 0.29) is 28.0 Å². The van der Waals surface area contributed by atoms with Gasteiger partial charge in [-0.05, 0) is 12.1 Å². The second-order valence-corrected chi connectivity index (χ2v) is 3.61. The Kier molecular flexibility index (Phi) is 4.33. The lowest BCUT2D eigenvalue weighted by Crippen LogP contribution is -2.05. The van der Waals surface area contributed by atoms with E-state index in [1.54, 1.807) is 0 Å². The molecule has 1 aromatic rings. The zero-order chi connectivity index (χ0) is 13.0. The number of carbonyl (C=O) groups is 2. The molecule has 0 saturated carbocycles. The lowest BCUT2D eigenvalue weighted by molar-refractivity contribution is -0.386. The molecule has 0 spiro atoms. The van der Waals surface area contributed by atoms with Crippen LogP contribution in [0.25, 0.3) is 0 Å². The molecule has 0 unspecified atom stereocenters. The van der Waals surface area contributed by atoms with E-state index in [0.717, 1.165) is 0 Å². The van der Waals surface area contributed by atoms with Crippen molar-refractivity contribution in [2.75, 3.05) is 12.4 Å². The molecule has 6 nitrogen and oxygen atoms in total. The third-order valence-corrected chi connectivity index (χ3v) is 2.59. The largest absolute Gasteiger partial charge is 0.490 e. The molecule has 0 saturated heterocycles. The monoisotopic (exact) mass is 301 g/mol. The van der Waals surface area contributed by atoms with Gasteiger partial charge in [-0.15, -0.1) is 0 Å². The van der Waals surface area contributed by atoms with Crippen LogP contribution in [0.3, 0.4) is 0 Å². The fourth-order valence-corrected chi connectivity index (χ4v) is 1.63. The number of ether oxygens (including phenoxy) is 1. The van der Waals surface area contributed by atoms with E-state index in [9.17, 15) is 19.7 Å². The predicted molar refractivity (Wildman–Crippen MR) is 63.2 cm³/mol. The highest BCUT2D eigenvalue weighted by molar-refractivity contribution is 9.09. The topological polar surface area (TPSA) is 86.5 Å². The Morgan fingerprint density at radius 2 is 2.24 bits per heavy atom. The summed E-state index contributed by atoms with van der Waals surface area (Å²) < 4.78 is 4.82. The van der Waals surface area contributed by atoms with Gasteiger partial charge in [0.1, 0.15) is 0 Å². The van der Waals surface area contributed by atoms with E-state index >= 15 is 0 Å². The summed E-state index contributed by atoms with van der Waals surface area (Å²) in [5, 5.41) is 10.8. The highest BCUT2D eigenvalue weighted by Crippen LogP contribution is 2.31. The van der Waals surface area contributed by atoms with Crippen LogP contribution in [0.15, 0.2) is 12.1 Å². The first-order valence-corrected chi connectivity index (χ1v) is 5.58. The Hall–Kier alpha value is -1.76. The van der Waals surface area contributed by atoms with E-state index in [1.165, 1.54) is 19.2 Å². The summed E-state index contributed by atoms with van der Waals surface area (Å²) in [5.74, 6) is -0.398. The van der Waals surface area contributed by atoms with Gasteiger partial charge in [-0.1, -0.05) is 15.9 Å². The molecule has 0 aliphatic rings. The Balaban J connectivity index is 3.49. The summed E-state index contributed by atoms with van der Waals surface area (Å²) in [7, 11) is 1.24. The number of methoxy groups -OCH3 is 1. The smallest absolute Gasteiger partial charge is 0.321 e. The van der Waals surface area contributed by atoms with Crippen molar-refractivity contribution in [2.24, 2.45) is 0 Å². The Bertz CT molecular complexity index is 486. The molecular formula is C10H8BrNO5. The van der Waals surface area contributed by atoms with E-state index in [0.29, 0.717) is 6.29 Å². The van der Waals surface area contributed by atoms with Gasteiger partial charge in [-0.25, -0.2) is 0 Å². The van der Waals surface area contributed by atoms with Gasteiger partial charge in [0.2, 0.25) is 0 Å².